The van der Waals surface area contributed by atoms with Gasteiger partial charge in [0.15, 0.2) is 11.3 Å². The van der Waals surface area contributed by atoms with Crippen LogP contribution in [0.25, 0.3) is 22.6 Å². The topological polar surface area (TPSA) is 72.8 Å². The van der Waals surface area contributed by atoms with Gasteiger partial charge < -0.3 is 4.74 Å². The van der Waals surface area contributed by atoms with E-state index in [4.69, 9.17) is 9.72 Å². The van der Waals surface area contributed by atoms with E-state index < -0.39 is 0 Å². The third kappa shape index (κ3) is 2.79. The summed E-state index contributed by atoms with van der Waals surface area (Å²) >= 11 is 0. The molecule has 6 heteroatoms. The van der Waals surface area contributed by atoms with Crippen LogP contribution >= 0.6 is 0 Å². The van der Waals surface area contributed by atoms with Crippen LogP contribution in [0.3, 0.4) is 0 Å². The van der Waals surface area contributed by atoms with E-state index in [9.17, 15) is 4.79 Å². The minimum atomic E-state index is -0.119. The molecule has 1 saturated carbocycles. The second kappa shape index (κ2) is 6.59. The Hall–Kier alpha value is -2.63. The van der Waals surface area contributed by atoms with Crippen LogP contribution in [-0.4, -0.2) is 26.6 Å². The first-order valence-corrected chi connectivity index (χ1v) is 9.24. The largest absolute Gasteiger partial charge is 0.496 e. The van der Waals surface area contributed by atoms with Crippen molar-refractivity contribution in [2.24, 2.45) is 0 Å². The van der Waals surface area contributed by atoms with Gasteiger partial charge in [0.05, 0.1) is 19.0 Å². The maximum Gasteiger partial charge on any atom is 0.329 e. The standard InChI is InChI=1S/C20H24N4O2/c1-12(2)13-8-9-17(26-3)15(10-13)16-11-21-18-19(22-16)24(20(25)23-18)14-6-4-5-7-14/h8-12,14H,4-7H2,1-3H3,(H,21,23,25). The van der Waals surface area contributed by atoms with Crippen LogP contribution in [0.1, 0.15) is 57.1 Å². The summed E-state index contributed by atoms with van der Waals surface area (Å²) in [5.74, 6) is 1.16. The molecule has 4 rings (SSSR count). The van der Waals surface area contributed by atoms with E-state index in [2.05, 4.69) is 35.9 Å². The van der Waals surface area contributed by atoms with E-state index in [-0.39, 0.29) is 11.7 Å². The van der Waals surface area contributed by atoms with Crippen molar-refractivity contribution in [3.8, 4) is 17.0 Å². The number of hydrogen-bond donors (Lipinski definition) is 1. The fourth-order valence-electron chi connectivity index (χ4n) is 3.81. The molecule has 3 aromatic rings. The van der Waals surface area contributed by atoms with Crippen LogP contribution in [0.2, 0.25) is 0 Å². The van der Waals surface area contributed by atoms with Gasteiger partial charge in [-0.3, -0.25) is 9.55 Å². The van der Waals surface area contributed by atoms with Crippen LogP contribution in [0.15, 0.2) is 29.2 Å². The van der Waals surface area contributed by atoms with Gasteiger partial charge in [-0.15, -0.1) is 0 Å². The molecule has 1 N–H and O–H groups in total. The zero-order chi connectivity index (χ0) is 18.3. The van der Waals surface area contributed by atoms with Crippen molar-refractivity contribution < 1.29 is 4.74 Å². The quantitative estimate of drug-likeness (QED) is 0.769. The zero-order valence-electron chi connectivity index (χ0n) is 15.5. The molecule has 0 amide bonds. The highest BCUT2D eigenvalue weighted by atomic mass is 16.5. The van der Waals surface area contributed by atoms with Crippen LogP contribution in [0.5, 0.6) is 5.75 Å². The van der Waals surface area contributed by atoms with E-state index in [1.165, 1.54) is 5.56 Å². The molecule has 1 aliphatic rings. The Morgan fingerprint density at radius 1 is 1.27 bits per heavy atom. The Bertz CT molecular complexity index is 997. The molecule has 0 radical (unpaired) electrons. The summed E-state index contributed by atoms with van der Waals surface area (Å²) in [5.41, 5.74) is 3.90. The fraction of sp³-hybridized carbons (Fsp3) is 0.450. The number of rotatable bonds is 4. The first-order chi connectivity index (χ1) is 12.6. The first kappa shape index (κ1) is 16.8. The van der Waals surface area contributed by atoms with Crippen molar-refractivity contribution in [2.75, 3.05) is 7.11 Å². The Labute approximate surface area is 152 Å². The minimum Gasteiger partial charge on any atom is -0.496 e. The summed E-state index contributed by atoms with van der Waals surface area (Å²) in [6.07, 6.45) is 6.05. The number of aromatic nitrogens is 4. The maximum atomic E-state index is 12.4. The number of aromatic amines is 1. The van der Waals surface area contributed by atoms with E-state index in [0.717, 1.165) is 42.7 Å². The lowest BCUT2D eigenvalue weighted by atomic mass is 9.99. The van der Waals surface area contributed by atoms with Gasteiger partial charge in [0, 0.05) is 11.6 Å². The van der Waals surface area contributed by atoms with Crippen molar-refractivity contribution in [1.29, 1.82) is 0 Å². The van der Waals surface area contributed by atoms with Crippen molar-refractivity contribution in [3.63, 3.8) is 0 Å². The van der Waals surface area contributed by atoms with Gasteiger partial charge in [-0.1, -0.05) is 32.8 Å². The highest BCUT2D eigenvalue weighted by Crippen LogP contribution is 2.33. The van der Waals surface area contributed by atoms with Gasteiger partial charge in [-0.05, 0) is 36.5 Å². The summed E-state index contributed by atoms with van der Waals surface area (Å²) in [6, 6.07) is 6.36. The van der Waals surface area contributed by atoms with E-state index >= 15 is 0 Å². The summed E-state index contributed by atoms with van der Waals surface area (Å²) in [6.45, 7) is 4.31. The lowest BCUT2D eigenvalue weighted by Crippen LogP contribution is -2.20. The normalized spacial score (nSPS) is 15.2. The van der Waals surface area contributed by atoms with Gasteiger partial charge in [-0.2, -0.15) is 0 Å². The molecule has 0 spiro atoms. The highest BCUT2D eigenvalue weighted by Gasteiger charge is 2.23. The second-order valence-corrected chi connectivity index (χ2v) is 7.28. The SMILES string of the molecule is COc1ccc(C(C)C)cc1-c1cnc2[nH]c(=O)n(C3CCCC3)c2n1. The zero-order valence-corrected chi connectivity index (χ0v) is 15.5. The van der Waals surface area contributed by atoms with Crippen LogP contribution in [-0.2, 0) is 0 Å². The average molecular weight is 352 g/mol. The molecule has 0 saturated heterocycles. The number of nitrogens with zero attached hydrogens (tertiary/aromatic N) is 3. The number of methoxy groups -OCH3 is 1. The molecule has 0 atom stereocenters. The van der Waals surface area contributed by atoms with Crippen molar-refractivity contribution in [1.82, 2.24) is 19.5 Å². The minimum absolute atomic E-state index is 0.119. The van der Waals surface area contributed by atoms with Crippen LogP contribution in [0.4, 0.5) is 0 Å². The maximum absolute atomic E-state index is 12.4. The second-order valence-electron chi connectivity index (χ2n) is 7.28. The molecule has 0 unspecified atom stereocenters. The monoisotopic (exact) mass is 352 g/mol. The number of hydrogen-bond acceptors (Lipinski definition) is 4. The summed E-state index contributed by atoms with van der Waals surface area (Å²) < 4.78 is 7.33. The third-order valence-corrected chi connectivity index (χ3v) is 5.28. The Balaban J connectivity index is 1.89. The number of fused-ring (bicyclic) bond motifs is 1. The van der Waals surface area contributed by atoms with Crippen molar-refractivity contribution in [3.05, 3.63) is 40.4 Å². The Morgan fingerprint density at radius 2 is 2.04 bits per heavy atom. The van der Waals surface area contributed by atoms with E-state index in [1.807, 2.05) is 6.07 Å². The molecular formula is C20H24N4O2. The number of imidazole rings is 1. The van der Waals surface area contributed by atoms with Gasteiger partial charge in [0.1, 0.15) is 5.75 Å². The number of nitrogens with one attached hydrogen (secondary N) is 1. The lowest BCUT2D eigenvalue weighted by molar-refractivity contribution is 0.416. The average Bonchev–Trinajstić information content (AvgIpc) is 3.26. The van der Waals surface area contributed by atoms with Crippen molar-refractivity contribution in [2.45, 2.75) is 51.5 Å². The number of ether oxygens (including phenoxy) is 1. The van der Waals surface area contributed by atoms with Gasteiger partial charge in [-0.25, -0.2) is 14.8 Å². The molecule has 2 aromatic heterocycles. The molecule has 0 bridgehead atoms. The first-order valence-electron chi connectivity index (χ1n) is 9.24. The van der Waals surface area contributed by atoms with Gasteiger partial charge in [0.25, 0.3) is 0 Å². The fourth-order valence-corrected chi connectivity index (χ4v) is 3.81. The smallest absolute Gasteiger partial charge is 0.329 e. The summed E-state index contributed by atoms with van der Waals surface area (Å²) in [5, 5.41) is 0. The lowest BCUT2D eigenvalue weighted by Gasteiger charge is -2.13. The summed E-state index contributed by atoms with van der Waals surface area (Å²) in [7, 11) is 1.66. The molecule has 26 heavy (non-hydrogen) atoms. The number of H-pyrrole nitrogens is 1. The molecule has 2 heterocycles. The predicted octanol–water partition coefficient (Wildman–Crippen LogP) is 4.03. The molecule has 0 aliphatic heterocycles. The van der Waals surface area contributed by atoms with E-state index in [0.29, 0.717) is 17.2 Å². The van der Waals surface area contributed by atoms with E-state index in [1.54, 1.807) is 17.9 Å². The van der Waals surface area contributed by atoms with Gasteiger partial charge in [0.2, 0.25) is 0 Å². The van der Waals surface area contributed by atoms with Crippen LogP contribution in [0, 0.1) is 0 Å². The highest BCUT2D eigenvalue weighted by molar-refractivity contribution is 5.74. The molecule has 1 aliphatic carbocycles. The molecule has 6 nitrogen and oxygen atoms in total. The molecule has 136 valence electrons. The Morgan fingerprint density at radius 3 is 2.73 bits per heavy atom. The van der Waals surface area contributed by atoms with Gasteiger partial charge >= 0.3 is 5.69 Å². The van der Waals surface area contributed by atoms with Crippen molar-refractivity contribution >= 4 is 11.3 Å². The van der Waals surface area contributed by atoms with Crippen LogP contribution < -0.4 is 10.4 Å². The predicted molar refractivity (Wildman–Crippen MR) is 102 cm³/mol. The molecular weight excluding hydrogens is 328 g/mol. The summed E-state index contributed by atoms with van der Waals surface area (Å²) in [4.78, 5) is 24.6. The number of benzene rings is 1. The Kier molecular flexibility index (Phi) is 4.26. The molecule has 1 aromatic carbocycles. The third-order valence-electron chi connectivity index (χ3n) is 5.28. The molecule has 1 fully saturated rings.